The summed E-state index contributed by atoms with van der Waals surface area (Å²) in [4.78, 5) is 33.5. The lowest BCUT2D eigenvalue weighted by Gasteiger charge is -2.51. The smallest absolute Gasteiger partial charge is 0.343 e. The Hall–Kier alpha value is -3.28. The van der Waals surface area contributed by atoms with Gasteiger partial charge in [-0.1, -0.05) is 45.0 Å². The molecule has 1 atom stereocenters. The van der Waals surface area contributed by atoms with E-state index in [0.29, 0.717) is 63.2 Å². The second kappa shape index (κ2) is 13.2. The van der Waals surface area contributed by atoms with Gasteiger partial charge in [-0.3, -0.25) is 9.69 Å². The number of likely N-dealkylation sites (tertiary alicyclic amines) is 1. The zero-order chi connectivity index (χ0) is 33.3. The quantitative estimate of drug-likeness (QED) is 0.323. The van der Waals surface area contributed by atoms with Gasteiger partial charge in [-0.15, -0.1) is 0 Å². The number of hydrogen-bond acceptors (Lipinski definition) is 3. The number of halogens is 6. The van der Waals surface area contributed by atoms with E-state index in [-0.39, 0.29) is 24.0 Å². The average Bonchev–Trinajstić information content (AvgIpc) is 2.97. The van der Waals surface area contributed by atoms with Gasteiger partial charge in [-0.05, 0) is 60.6 Å². The van der Waals surface area contributed by atoms with Crippen molar-refractivity contribution < 1.29 is 35.9 Å². The Morgan fingerprint density at radius 1 is 0.800 bits per heavy atom. The van der Waals surface area contributed by atoms with Crippen LogP contribution < -0.4 is 0 Å². The van der Waals surface area contributed by atoms with Crippen LogP contribution in [0.3, 0.4) is 0 Å². The van der Waals surface area contributed by atoms with Gasteiger partial charge in [0.1, 0.15) is 0 Å². The van der Waals surface area contributed by atoms with Crippen molar-refractivity contribution in [2.45, 2.75) is 77.9 Å². The van der Waals surface area contributed by atoms with Gasteiger partial charge in [-0.25, -0.2) is 4.79 Å². The number of rotatable bonds is 5. The van der Waals surface area contributed by atoms with Crippen LogP contribution in [0.25, 0.3) is 0 Å². The summed E-state index contributed by atoms with van der Waals surface area (Å²) in [6, 6.07) is 8.43. The second-order valence-corrected chi connectivity index (χ2v) is 13.0. The molecule has 2 saturated heterocycles. The number of carbonyl (C=O) groups is 2. The maximum Gasteiger partial charge on any atom is 0.416 e. The molecular weight excluding hydrogens is 598 g/mol. The third-order valence-electron chi connectivity index (χ3n) is 9.07. The average molecular weight is 641 g/mol. The van der Waals surface area contributed by atoms with Gasteiger partial charge in [0.05, 0.1) is 23.2 Å². The van der Waals surface area contributed by atoms with Crippen LogP contribution in [0.15, 0.2) is 48.5 Å². The van der Waals surface area contributed by atoms with E-state index in [2.05, 4.69) is 0 Å². The summed E-state index contributed by atoms with van der Waals surface area (Å²) in [6.07, 6.45) is -7.69. The molecule has 2 aliphatic heterocycles. The summed E-state index contributed by atoms with van der Waals surface area (Å²) < 4.78 is 80.2. The zero-order valence-corrected chi connectivity index (χ0v) is 26.4. The van der Waals surface area contributed by atoms with Crippen molar-refractivity contribution in [1.29, 1.82) is 0 Å². The van der Waals surface area contributed by atoms with Crippen molar-refractivity contribution >= 4 is 11.9 Å². The molecule has 3 amide bonds. The number of alkyl halides is 6. The first-order valence-corrected chi connectivity index (χ1v) is 15.3. The minimum atomic E-state index is -4.53. The molecule has 0 aliphatic carbocycles. The largest absolute Gasteiger partial charge is 0.416 e. The maximum absolute atomic E-state index is 14.1. The van der Waals surface area contributed by atoms with Crippen molar-refractivity contribution in [3.63, 3.8) is 0 Å². The molecule has 45 heavy (non-hydrogen) atoms. The minimum absolute atomic E-state index is 0.0104. The molecule has 6 nitrogen and oxygen atoms in total. The lowest BCUT2D eigenvalue weighted by molar-refractivity contribution is -0.138. The van der Waals surface area contributed by atoms with Crippen LogP contribution in [0.5, 0.6) is 0 Å². The Balaban J connectivity index is 1.64. The number of urea groups is 1. The fraction of sp³-hybridized carbons (Fsp3) is 0.576. The van der Waals surface area contributed by atoms with Crippen molar-refractivity contribution in [3.8, 4) is 0 Å². The van der Waals surface area contributed by atoms with Crippen molar-refractivity contribution in [2.24, 2.45) is 5.41 Å². The first kappa shape index (κ1) is 34.6. The summed E-state index contributed by atoms with van der Waals surface area (Å²) in [5.74, 6) is 0.0161. The maximum atomic E-state index is 14.1. The number of piperidine rings is 1. The Kier molecular flexibility index (Phi) is 10.2. The number of amides is 3. The molecule has 2 fully saturated rings. The summed E-state index contributed by atoms with van der Waals surface area (Å²) in [5.41, 5.74) is -0.982. The van der Waals surface area contributed by atoms with E-state index >= 15 is 0 Å². The highest BCUT2D eigenvalue weighted by Crippen LogP contribution is 2.38. The predicted molar refractivity (Wildman–Crippen MR) is 159 cm³/mol. The van der Waals surface area contributed by atoms with Gasteiger partial charge in [0.25, 0.3) is 0 Å². The van der Waals surface area contributed by atoms with E-state index in [1.54, 1.807) is 11.8 Å². The van der Waals surface area contributed by atoms with Gasteiger partial charge < -0.3 is 14.7 Å². The molecule has 2 aromatic rings. The molecule has 12 heteroatoms. The molecule has 2 heterocycles. The third kappa shape index (κ3) is 7.93. The lowest BCUT2D eigenvalue weighted by Crippen LogP contribution is -2.63. The van der Waals surface area contributed by atoms with E-state index in [0.717, 1.165) is 24.3 Å². The molecule has 248 valence electrons. The Labute approximate surface area is 260 Å². The molecule has 0 unspecified atom stereocenters. The van der Waals surface area contributed by atoms with Gasteiger partial charge >= 0.3 is 18.4 Å². The van der Waals surface area contributed by atoms with Crippen LogP contribution in [0, 0.1) is 5.41 Å². The fourth-order valence-corrected chi connectivity index (χ4v) is 6.54. The first-order valence-electron chi connectivity index (χ1n) is 15.3. The highest BCUT2D eigenvalue weighted by atomic mass is 19.4. The molecule has 0 radical (unpaired) electrons. The standard InChI is InChI=1S/C33H42F6N4O2/c1-6-42(27-15-17-40(18-16-27)22(2)44)30(45)43-20-19-41(21-28(43)31(3,4)5)29(23-7-11-25(12-8-23)32(34,35)36)24-9-13-26(14-10-24)33(37,38)39/h7-14,27-29H,6,15-21H2,1-5H3/t28-/m1/s1. The highest BCUT2D eigenvalue weighted by molar-refractivity contribution is 5.76. The highest BCUT2D eigenvalue weighted by Gasteiger charge is 2.43. The van der Waals surface area contributed by atoms with Crippen LogP contribution >= 0.6 is 0 Å². The normalized spacial score (nSPS) is 19.2. The van der Waals surface area contributed by atoms with Gasteiger partial charge in [0.15, 0.2) is 0 Å². The summed E-state index contributed by atoms with van der Waals surface area (Å²) in [6.45, 7) is 12.3. The fourth-order valence-electron chi connectivity index (χ4n) is 6.54. The first-order chi connectivity index (χ1) is 20.9. The molecule has 0 aromatic heterocycles. The molecule has 2 aromatic carbocycles. The Bertz CT molecular complexity index is 1260. The van der Waals surface area contributed by atoms with Gasteiger partial charge in [0.2, 0.25) is 5.91 Å². The SMILES string of the molecule is CCN(C(=O)N1CCN(C(c2ccc(C(F)(F)F)cc2)c2ccc(C(F)(F)F)cc2)C[C@@H]1C(C)(C)C)C1CCN(C(C)=O)CC1. The Morgan fingerprint density at radius 3 is 1.64 bits per heavy atom. The monoisotopic (exact) mass is 640 g/mol. The van der Waals surface area contributed by atoms with Crippen LogP contribution in [-0.4, -0.2) is 82.9 Å². The lowest BCUT2D eigenvalue weighted by atomic mass is 9.83. The predicted octanol–water partition coefficient (Wildman–Crippen LogP) is 7.30. The van der Waals surface area contributed by atoms with E-state index in [1.807, 2.05) is 42.4 Å². The molecule has 2 aliphatic rings. The van der Waals surface area contributed by atoms with E-state index < -0.39 is 34.9 Å². The molecule has 0 N–H and O–H groups in total. The number of hydrogen-bond donors (Lipinski definition) is 0. The van der Waals surface area contributed by atoms with Crippen molar-refractivity contribution in [3.05, 3.63) is 70.8 Å². The van der Waals surface area contributed by atoms with Crippen LogP contribution in [-0.2, 0) is 17.1 Å². The number of benzene rings is 2. The summed E-state index contributed by atoms with van der Waals surface area (Å²) in [7, 11) is 0. The van der Waals surface area contributed by atoms with Crippen LogP contribution in [0.4, 0.5) is 31.1 Å². The molecule has 0 bridgehead atoms. The number of nitrogens with zero attached hydrogens (tertiary/aromatic N) is 4. The molecule has 0 spiro atoms. The summed E-state index contributed by atoms with van der Waals surface area (Å²) >= 11 is 0. The van der Waals surface area contributed by atoms with Crippen LogP contribution in [0.1, 0.15) is 75.8 Å². The third-order valence-corrected chi connectivity index (χ3v) is 9.07. The van der Waals surface area contributed by atoms with Gasteiger partial charge in [-0.2, -0.15) is 26.3 Å². The minimum Gasteiger partial charge on any atom is -0.343 e. The van der Waals surface area contributed by atoms with Crippen molar-refractivity contribution in [1.82, 2.24) is 19.6 Å². The summed E-state index contributed by atoms with van der Waals surface area (Å²) in [5, 5.41) is 0. The van der Waals surface area contributed by atoms with E-state index in [1.165, 1.54) is 24.3 Å². The zero-order valence-electron chi connectivity index (χ0n) is 26.4. The molecule has 4 rings (SSSR count). The van der Waals surface area contributed by atoms with Crippen molar-refractivity contribution in [2.75, 3.05) is 39.3 Å². The molecule has 0 saturated carbocycles. The molecular formula is C33H42F6N4O2. The topological polar surface area (TPSA) is 47.1 Å². The van der Waals surface area contributed by atoms with Crippen LogP contribution in [0.2, 0.25) is 0 Å². The van der Waals surface area contributed by atoms with Gasteiger partial charge in [0, 0.05) is 52.2 Å². The van der Waals surface area contributed by atoms with E-state index in [4.69, 9.17) is 0 Å². The van der Waals surface area contributed by atoms with E-state index in [9.17, 15) is 35.9 Å². The second-order valence-electron chi connectivity index (χ2n) is 13.0. The number of piperazine rings is 1. The number of carbonyl (C=O) groups excluding carboxylic acids is 2. The Morgan fingerprint density at radius 2 is 1.27 bits per heavy atom.